The smallest absolute Gasteiger partial charge is 0.311 e. The lowest BCUT2D eigenvalue weighted by molar-refractivity contribution is -0.149. The van der Waals surface area contributed by atoms with Gasteiger partial charge in [-0.15, -0.1) is 11.3 Å². The molecular formula is C9H12ClNO3S. The fourth-order valence-corrected chi connectivity index (χ4v) is 2.23. The van der Waals surface area contributed by atoms with Crippen LogP contribution in [0.15, 0.2) is 6.20 Å². The molecule has 0 aliphatic heterocycles. The Bertz CT molecular complexity index is 342. The van der Waals surface area contributed by atoms with Crippen LogP contribution in [0, 0.1) is 5.92 Å². The number of aliphatic hydroxyl groups excluding tert-OH is 1. The molecule has 0 aromatic carbocycles. The Balaban J connectivity index is 2.81. The largest absolute Gasteiger partial charge is 0.469 e. The molecule has 2 atom stereocenters. The first-order chi connectivity index (χ1) is 7.10. The highest BCUT2D eigenvalue weighted by Gasteiger charge is 2.29. The molecule has 2 unspecified atom stereocenters. The van der Waals surface area contributed by atoms with Gasteiger partial charge in [0, 0.05) is 0 Å². The second-order valence-corrected chi connectivity index (χ2v) is 4.68. The first-order valence-corrected chi connectivity index (χ1v) is 5.66. The van der Waals surface area contributed by atoms with E-state index in [2.05, 4.69) is 9.72 Å². The van der Waals surface area contributed by atoms with Crippen molar-refractivity contribution in [1.29, 1.82) is 0 Å². The molecule has 1 rings (SSSR count). The van der Waals surface area contributed by atoms with E-state index in [0.717, 1.165) is 11.3 Å². The van der Waals surface area contributed by atoms with Gasteiger partial charge >= 0.3 is 5.97 Å². The van der Waals surface area contributed by atoms with Gasteiger partial charge in [0.05, 0.1) is 19.2 Å². The highest BCUT2D eigenvalue weighted by Crippen LogP contribution is 2.30. The molecule has 0 amide bonds. The molecule has 0 saturated heterocycles. The van der Waals surface area contributed by atoms with E-state index < -0.39 is 18.0 Å². The molecule has 1 aromatic heterocycles. The number of hydrogen-bond donors (Lipinski definition) is 1. The third-order valence-electron chi connectivity index (χ3n) is 2.07. The van der Waals surface area contributed by atoms with E-state index in [1.807, 2.05) is 0 Å². The number of rotatable bonds is 4. The number of methoxy groups -OCH3 is 1. The number of ether oxygens (including phenoxy) is 1. The van der Waals surface area contributed by atoms with Crippen molar-refractivity contribution in [2.24, 2.45) is 5.92 Å². The quantitative estimate of drug-likeness (QED) is 0.830. The molecule has 6 heteroatoms. The van der Waals surface area contributed by atoms with Crippen molar-refractivity contribution in [1.82, 2.24) is 4.98 Å². The normalized spacial score (nSPS) is 14.7. The number of aromatic nitrogens is 1. The second-order valence-electron chi connectivity index (χ2n) is 2.99. The van der Waals surface area contributed by atoms with Gasteiger partial charge in [0.25, 0.3) is 0 Å². The molecule has 84 valence electrons. The number of halogens is 1. The molecule has 0 aliphatic carbocycles. The van der Waals surface area contributed by atoms with Crippen LogP contribution in [-0.4, -0.2) is 23.2 Å². The van der Waals surface area contributed by atoms with E-state index in [1.165, 1.54) is 13.3 Å². The Kier molecular flexibility index (Phi) is 4.50. The molecule has 0 saturated carbocycles. The monoisotopic (exact) mass is 249 g/mol. The van der Waals surface area contributed by atoms with E-state index in [0.29, 0.717) is 15.8 Å². The van der Waals surface area contributed by atoms with Gasteiger partial charge in [-0.25, -0.2) is 4.98 Å². The fourth-order valence-electron chi connectivity index (χ4n) is 1.25. The number of carbonyl (C=O) groups is 1. The minimum Gasteiger partial charge on any atom is -0.469 e. The zero-order valence-corrected chi connectivity index (χ0v) is 10.0. The molecular weight excluding hydrogens is 238 g/mol. The van der Waals surface area contributed by atoms with Gasteiger partial charge in [0.1, 0.15) is 15.4 Å². The summed E-state index contributed by atoms with van der Waals surface area (Å²) >= 11 is 6.86. The minimum atomic E-state index is -0.944. The summed E-state index contributed by atoms with van der Waals surface area (Å²) in [5, 5.41) is 10.3. The summed E-state index contributed by atoms with van der Waals surface area (Å²) in [6.45, 7) is 1.81. The topological polar surface area (TPSA) is 59.4 Å². The van der Waals surface area contributed by atoms with Gasteiger partial charge in [0.15, 0.2) is 0 Å². The van der Waals surface area contributed by atoms with Crippen LogP contribution in [0.3, 0.4) is 0 Å². The minimum absolute atomic E-state index is 0.434. The Morgan fingerprint density at radius 2 is 2.47 bits per heavy atom. The average molecular weight is 250 g/mol. The maximum absolute atomic E-state index is 11.3. The number of carbonyl (C=O) groups excluding carboxylic acids is 1. The highest BCUT2D eigenvalue weighted by atomic mass is 35.5. The van der Waals surface area contributed by atoms with Crippen molar-refractivity contribution >= 4 is 28.9 Å². The summed E-state index contributed by atoms with van der Waals surface area (Å²) in [7, 11) is 1.30. The number of nitrogens with zero attached hydrogens (tertiary/aromatic N) is 1. The van der Waals surface area contributed by atoms with Gasteiger partial charge in [-0.05, 0) is 6.42 Å². The van der Waals surface area contributed by atoms with Crippen molar-refractivity contribution in [2.45, 2.75) is 19.4 Å². The van der Waals surface area contributed by atoms with E-state index in [9.17, 15) is 9.90 Å². The SMILES string of the molecule is CCC(C(=O)OC)C(O)c1ncc(Cl)s1. The van der Waals surface area contributed by atoms with E-state index in [1.54, 1.807) is 6.92 Å². The average Bonchev–Trinajstić information content (AvgIpc) is 2.65. The Morgan fingerprint density at radius 3 is 2.87 bits per heavy atom. The van der Waals surface area contributed by atoms with Crippen LogP contribution in [0.25, 0.3) is 0 Å². The van der Waals surface area contributed by atoms with Crippen LogP contribution in [0.2, 0.25) is 4.34 Å². The molecule has 4 nitrogen and oxygen atoms in total. The highest BCUT2D eigenvalue weighted by molar-refractivity contribution is 7.15. The summed E-state index contributed by atoms with van der Waals surface area (Å²) in [5.74, 6) is -1.02. The number of aliphatic hydroxyl groups is 1. The van der Waals surface area contributed by atoms with Crippen LogP contribution < -0.4 is 0 Å². The maximum atomic E-state index is 11.3. The van der Waals surface area contributed by atoms with Crippen molar-refractivity contribution < 1.29 is 14.6 Å². The zero-order valence-electron chi connectivity index (χ0n) is 8.44. The second kappa shape index (κ2) is 5.44. The maximum Gasteiger partial charge on any atom is 0.311 e. The Labute approximate surface area is 96.9 Å². The lowest BCUT2D eigenvalue weighted by Gasteiger charge is -2.16. The van der Waals surface area contributed by atoms with E-state index in [-0.39, 0.29) is 0 Å². The number of esters is 1. The van der Waals surface area contributed by atoms with Gasteiger partial charge in [-0.2, -0.15) is 0 Å². The molecule has 0 radical (unpaired) electrons. The molecule has 1 aromatic rings. The van der Waals surface area contributed by atoms with Crippen LogP contribution >= 0.6 is 22.9 Å². The van der Waals surface area contributed by atoms with Gasteiger partial charge < -0.3 is 9.84 Å². The van der Waals surface area contributed by atoms with Gasteiger partial charge in [-0.3, -0.25) is 4.79 Å². The molecule has 15 heavy (non-hydrogen) atoms. The first-order valence-electron chi connectivity index (χ1n) is 4.47. The van der Waals surface area contributed by atoms with Crippen molar-refractivity contribution in [2.75, 3.05) is 7.11 Å². The summed E-state index contributed by atoms with van der Waals surface area (Å²) in [6, 6.07) is 0. The molecule has 0 aliphatic rings. The van der Waals surface area contributed by atoms with Crippen LogP contribution in [0.5, 0.6) is 0 Å². The van der Waals surface area contributed by atoms with E-state index in [4.69, 9.17) is 11.6 Å². The lowest BCUT2D eigenvalue weighted by atomic mass is 10.0. The van der Waals surface area contributed by atoms with Crippen molar-refractivity contribution in [3.63, 3.8) is 0 Å². The number of hydrogen-bond acceptors (Lipinski definition) is 5. The van der Waals surface area contributed by atoms with Crippen LogP contribution in [-0.2, 0) is 9.53 Å². The summed E-state index contributed by atoms with van der Waals surface area (Å²) in [5.41, 5.74) is 0. The van der Waals surface area contributed by atoms with Gasteiger partial charge in [0.2, 0.25) is 0 Å². The van der Waals surface area contributed by atoms with Crippen LogP contribution in [0.4, 0.5) is 0 Å². The predicted molar refractivity (Wildman–Crippen MR) is 57.9 cm³/mol. The molecule has 1 heterocycles. The summed E-state index contributed by atoms with van der Waals surface area (Å²) in [4.78, 5) is 15.3. The van der Waals surface area contributed by atoms with Crippen molar-refractivity contribution in [3.05, 3.63) is 15.5 Å². The summed E-state index contributed by atoms with van der Waals surface area (Å²) < 4.78 is 5.09. The third kappa shape index (κ3) is 2.90. The van der Waals surface area contributed by atoms with Crippen LogP contribution in [0.1, 0.15) is 24.5 Å². The first kappa shape index (κ1) is 12.4. The van der Waals surface area contributed by atoms with Gasteiger partial charge in [-0.1, -0.05) is 18.5 Å². The fraction of sp³-hybridized carbons (Fsp3) is 0.556. The van der Waals surface area contributed by atoms with E-state index >= 15 is 0 Å². The zero-order chi connectivity index (χ0) is 11.4. The predicted octanol–water partition coefficient (Wildman–Crippen LogP) is 2.03. The third-order valence-corrected chi connectivity index (χ3v) is 3.26. The molecule has 0 fully saturated rings. The molecule has 0 bridgehead atoms. The standard InChI is InChI=1S/C9H12ClNO3S/c1-3-5(9(13)14-2)7(12)8-11-4-6(10)15-8/h4-5,7,12H,3H2,1-2H3. The molecule has 0 spiro atoms. The molecule has 1 N–H and O–H groups in total. The lowest BCUT2D eigenvalue weighted by Crippen LogP contribution is -2.22. The Hall–Kier alpha value is -0.650. The Morgan fingerprint density at radius 1 is 1.80 bits per heavy atom. The number of thiazole rings is 1. The summed E-state index contributed by atoms with van der Waals surface area (Å²) in [6.07, 6.45) is 1.000. The van der Waals surface area contributed by atoms with Crippen molar-refractivity contribution in [3.8, 4) is 0 Å².